The van der Waals surface area contributed by atoms with E-state index in [0.717, 1.165) is 19.3 Å². The second kappa shape index (κ2) is 4.14. The lowest BCUT2D eigenvalue weighted by Gasteiger charge is -2.21. The molecular weight excluding hydrogens is 162 g/mol. The Bertz CT molecular complexity index is 194. The molecule has 1 saturated carbocycles. The van der Waals surface area contributed by atoms with E-state index in [2.05, 4.69) is 6.08 Å². The van der Waals surface area contributed by atoms with Gasteiger partial charge in [-0.05, 0) is 44.6 Å². The highest BCUT2D eigenvalue weighted by Gasteiger charge is 2.19. The van der Waals surface area contributed by atoms with Crippen LogP contribution in [0, 0.1) is 0 Å². The molecule has 1 fully saturated rings. The lowest BCUT2D eigenvalue weighted by molar-refractivity contribution is 0.110. The van der Waals surface area contributed by atoms with Crippen molar-refractivity contribution in [1.82, 2.24) is 0 Å². The maximum Gasteiger partial charge on any atom is 0.0982 e. The van der Waals surface area contributed by atoms with Crippen LogP contribution < -0.4 is 5.73 Å². The maximum absolute atomic E-state index is 5.91. The first-order valence-corrected chi connectivity index (χ1v) is 5.46. The predicted molar refractivity (Wildman–Crippen MR) is 53.3 cm³/mol. The van der Waals surface area contributed by atoms with Crippen LogP contribution in [0.3, 0.4) is 0 Å². The molecule has 0 saturated heterocycles. The molecule has 0 aromatic heterocycles. The number of rotatable bonds is 2. The highest BCUT2D eigenvalue weighted by atomic mass is 16.5. The average molecular weight is 181 g/mol. The monoisotopic (exact) mass is 181 g/mol. The van der Waals surface area contributed by atoms with Crippen molar-refractivity contribution >= 4 is 0 Å². The summed E-state index contributed by atoms with van der Waals surface area (Å²) >= 11 is 0. The minimum Gasteiger partial charge on any atom is -0.495 e. The van der Waals surface area contributed by atoms with Gasteiger partial charge >= 0.3 is 0 Å². The fourth-order valence-electron chi connectivity index (χ4n) is 2.16. The lowest BCUT2D eigenvalue weighted by Crippen LogP contribution is -2.23. The Morgan fingerprint density at radius 3 is 2.62 bits per heavy atom. The van der Waals surface area contributed by atoms with Crippen LogP contribution in [-0.2, 0) is 4.74 Å². The number of nitrogens with two attached hydrogens (primary N) is 1. The van der Waals surface area contributed by atoms with E-state index < -0.39 is 0 Å². The molecule has 2 rings (SSSR count). The van der Waals surface area contributed by atoms with Crippen LogP contribution in [0.1, 0.15) is 44.9 Å². The Hall–Kier alpha value is -0.500. The summed E-state index contributed by atoms with van der Waals surface area (Å²) in [6, 6.07) is 0.371. The second-order valence-corrected chi connectivity index (χ2v) is 4.23. The maximum atomic E-state index is 5.91. The first kappa shape index (κ1) is 9.07. The molecule has 0 spiro atoms. The summed E-state index contributed by atoms with van der Waals surface area (Å²) in [7, 11) is 0. The first-order valence-electron chi connectivity index (χ1n) is 5.46. The van der Waals surface area contributed by atoms with Crippen LogP contribution in [0.15, 0.2) is 11.8 Å². The minimum absolute atomic E-state index is 0.371. The summed E-state index contributed by atoms with van der Waals surface area (Å²) in [5.74, 6) is 1.20. The van der Waals surface area contributed by atoms with Crippen LogP contribution in [0.25, 0.3) is 0 Å². The van der Waals surface area contributed by atoms with Crippen molar-refractivity contribution in [3.8, 4) is 0 Å². The molecule has 1 unspecified atom stereocenters. The van der Waals surface area contributed by atoms with E-state index in [4.69, 9.17) is 10.5 Å². The van der Waals surface area contributed by atoms with Gasteiger partial charge in [-0.1, -0.05) is 0 Å². The van der Waals surface area contributed by atoms with Crippen molar-refractivity contribution in [2.45, 2.75) is 57.1 Å². The Morgan fingerprint density at radius 1 is 1.23 bits per heavy atom. The van der Waals surface area contributed by atoms with Crippen molar-refractivity contribution in [2.24, 2.45) is 5.73 Å². The van der Waals surface area contributed by atoms with Gasteiger partial charge in [0.05, 0.1) is 11.9 Å². The van der Waals surface area contributed by atoms with Crippen LogP contribution >= 0.6 is 0 Å². The highest BCUT2D eigenvalue weighted by molar-refractivity contribution is 5.01. The average Bonchev–Trinajstić information content (AvgIpc) is 2.62. The number of ether oxygens (including phenoxy) is 1. The minimum atomic E-state index is 0.371. The molecule has 2 heteroatoms. The largest absolute Gasteiger partial charge is 0.495 e. The van der Waals surface area contributed by atoms with E-state index >= 15 is 0 Å². The molecule has 0 aromatic carbocycles. The molecule has 1 atom stereocenters. The van der Waals surface area contributed by atoms with E-state index in [9.17, 15) is 0 Å². The zero-order valence-corrected chi connectivity index (χ0v) is 8.17. The third-order valence-corrected chi connectivity index (χ3v) is 3.03. The summed E-state index contributed by atoms with van der Waals surface area (Å²) in [4.78, 5) is 0. The zero-order chi connectivity index (χ0) is 9.10. The fraction of sp³-hybridized carbons (Fsp3) is 0.818. The smallest absolute Gasteiger partial charge is 0.0982 e. The Morgan fingerprint density at radius 2 is 2.00 bits per heavy atom. The SMILES string of the molecule is NC1CC=C(OC2CCCC2)CC1. The molecule has 2 aliphatic carbocycles. The van der Waals surface area contributed by atoms with Crippen molar-refractivity contribution in [3.05, 3.63) is 11.8 Å². The molecule has 0 bridgehead atoms. The normalized spacial score (nSPS) is 30.2. The van der Waals surface area contributed by atoms with E-state index in [1.54, 1.807) is 0 Å². The fourth-order valence-corrected chi connectivity index (χ4v) is 2.16. The molecular formula is C11H19NO. The Kier molecular flexibility index (Phi) is 2.89. The van der Waals surface area contributed by atoms with Crippen LogP contribution in [0.2, 0.25) is 0 Å². The number of hydrogen-bond acceptors (Lipinski definition) is 2. The third kappa shape index (κ3) is 2.47. The van der Waals surface area contributed by atoms with Gasteiger partial charge in [0, 0.05) is 12.5 Å². The quantitative estimate of drug-likeness (QED) is 0.709. The summed E-state index contributed by atoms with van der Waals surface area (Å²) in [5.41, 5.74) is 5.80. The van der Waals surface area contributed by atoms with Crippen molar-refractivity contribution in [2.75, 3.05) is 0 Å². The van der Waals surface area contributed by atoms with E-state index in [1.165, 1.54) is 31.4 Å². The zero-order valence-electron chi connectivity index (χ0n) is 8.17. The highest BCUT2D eigenvalue weighted by Crippen LogP contribution is 2.26. The molecule has 2 nitrogen and oxygen atoms in total. The third-order valence-electron chi connectivity index (χ3n) is 3.03. The van der Waals surface area contributed by atoms with Gasteiger partial charge in [0.25, 0.3) is 0 Å². The molecule has 2 aliphatic rings. The molecule has 0 amide bonds. The van der Waals surface area contributed by atoms with Gasteiger partial charge in [0.1, 0.15) is 0 Å². The van der Waals surface area contributed by atoms with E-state index in [1.807, 2.05) is 0 Å². The van der Waals surface area contributed by atoms with Gasteiger partial charge in [-0.2, -0.15) is 0 Å². The molecule has 0 aliphatic heterocycles. The molecule has 0 radical (unpaired) electrons. The topological polar surface area (TPSA) is 35.2 Å². The van der Waals surface area contributed by atoms with Gasteiger partial charge < -0.3 is 10.5 Å². The van der Waals surface area contributed by atoms with Gasteiger partial charge in [-0.15, -0.1) is 0 Å². The Labute approximate surface area is 80.1 Å². The summed E-state index contributed by atoms with van der Waals surface area (Å²) in [6.45, 7) is 0. The first-order chi connectivity index (χ1) is 6.34. The van der Waals surface area contributed by atoms with E-state index in [-0.39, 0.29) is 0 Å². The molecule has 74 valence electrons. The van der Waals surface area contributed by atoms with Crippen molar-refractivity contribution < 1.29 is 4.74 Å². The van der Waals surface area contributed by atoms with Gasteiger partial charge in [-0.25, -0.2) is 0 Å². The van der Waals surface area contributed by atoms with Crippen molar-refractivity contribution in [1.29, 1.82) is 0 Å². The molecule has 13 heavy (non-hydrogen) atoms. The van der Waals surface area contributed by atoms with Gasteiger partial charge in [0.2, 0.25) is 0 Å². The predicted octanol–water partition coefficient (Wildman–Crippen LogP) is 2.34. The van der Waals surface area contributed by atoms with Crippen molar-refractivity contribution in [3.63, 3.8) is 0 Å². The van der Waals surface area contributed by atoms with Crippen LogP contribution in [0.5, 0.6) is 0 Å². The molecule has 2 N–H and O–H groups in total. The van der Waals surface area contributed by atoms with Gasteiger partial charge in [0.15, 0.2) is 0 Å². The summed E-state index contributed by atoms with van der Waals surface area (Å²) in [6.07, 6.45) is 11.0. The summed E-state index contributed by atoms with van der Waals surface area (Å²) in [5, 5.41) is 0. The standard InChI is InChI=1S/C11H19NO/c12-9-5-7-11(8-6-9)13-10-3-1-2-4-10/h7,9-10H,1-6,8,12H2. The molecule has 0 heterocycles. The van der Waals surface area contributed by atoms with Crippen LogP contribution in [0.4, 0.5) is 0 Å². The number of hydrogen-bond donors (Lipinski definition) is 1. The second-order valence-electron chi connectivity index (χ2n) is 4.23. The van der Waals surface area contributed by atoms with Crippen LogP contribution in [-0.4, -0.2) is 12.1 Å². The van der Waals surface area contributed by atoms with E-state index in [0.29, 0.717) is 12.1 Å². The number of allylic oxidation sites excluding steroid dienone is 1. The Balaban J connectivity index is 1.80. The molecule has 0 aromatic rings. The summed E-state index contributed by atoms with van der Waals surface area (Å²) < 4.78 is 5.91. The lowest BCUT2D eigenvalue weighted by atomic mass is 10.0. The van der Waals surface area contributed by atoms with Gasteiger partial charge in [-0.3, -0.25) is 0 Å².